The number of aryl methyl sites for hydroxylation is 1. The molecule has 2 aromatic heterocycles. The molecule has 0 amide bonds. The minimum absolute atomic E-state index is 0.0831. The molecule has 2 N–H and O–H groups in total. The smallest absolute Gasteiger partial charge is 0.354 e. The standard InChI is InChI=1S/C26H18ClFN4O4S/c1-14-10-17-22(12-18(14)28)31(13-16-11-15-6-2-3-7-19(15)29-25(16)27)24(26(33)34)23(17)32-21-9-5-4-8-20(21)30-37(32,35)36/h2-12,30H,13H2,1H3,(H,33,34). The summed E-state index contributed by atoms with van der Waals surface area (Å²) in [7, 11) is -4.19. The van der Waals surface area contributed by atoms with E-state index >= 15 is 0 Å². The van der Waals surface area contributed by atoms with Crippen molar-refractivity contribution in [2.45, 2.75) is 13.5 Å². The highest BCUT2D eigenvalue weighted by molar-refractivity contribution is 7.95. The van der Waals surface area contributed by atoms with Crippen molar-refractivity contribution < 1.29 is 22.7 Å². The van der Waals surface area contributed by atoms with Crippen LogP contribution in [0.1, 0.15) is 21.6 Å². The van der Waals surface area contributed by atoms with Crippen LogP contribution in [-0.2, 0) is 16.8 Å². The van der Waals surface area contributed by atoms with Crippen LogP contribution < -0.4 is 9.03 Å². The maximum atomic E-state index is 14.8. The lowest BCUT2D eigenvalue weighted by Crippen LogP contribution is -2.27. The molecular weight excluding hydrogens is 519 g/mol. The van der Waals surface area contributed by atoms with Crippen molar-refractivity contribution in [2.24, 2.45) is 0 Å². The summed E-state index contributed by atoms with van der Waals surface area (Å²) >= 11 is 6.48. The van der Waals surface area contributed by atoms with Gasteiger partial charge in [0.2, 0.25) is 0 Å². The summed E-state index contributed by atoms with van der Waals surface area (Å²) in [6.45, 7) is 1.45. The van der Waals surface area contributed by atoms with Gasteiger partial charge < -0.3 is 9.67 Å². The van der Waals surface area contributed by atoms with E-state index < -0.39 is 22.0 Å². The third-order valence-corrected chi connectivity index (χ3v) is 8.07. The Morgan fingerprint density at radius 3 is 2.62 bits per heavy atom. The van der Waals surface area contributed by atoms with Crippen molar-refractivity contribution in [1.82, 2.24) is 9.55 Å². The maximum absolute atomic E-state index is 14.8. The Morgan fingerprint density at radius 1 is 1.11 bits per heavy atom. The number of carboxylic acid groups (broad SMARTS) is 1. The van der Waals surface area contributed by atoms with Gasteiger partial charge in [0.1, 0.15) is 11.0 Å². The normalized spacial score (nSPS) is 14.2. The molecule has 37 heavy (non-hydrogen) atoms. The molecule has 1 aliphatic heterocycles. The van der Waals surface area contributed by atoms with Gasteiger partial charge >= 0.3 is 16.2 Å². The van der Waals surface area contributed by atoms with E-state index in [0.29, 0.717) is 16.8 Å². The molecule has 0 radical (unpaired) electrons. The van der Waals surface area contributed by atoms with E-state index in [1.165, 1.54) is 23.6 Å². The Labute approximate surface area is 215 Å². The Kier molecular flexibility index (Phi) is 5.15. The van der Waals surface area contributed by atoms with Gasteiger partial charge in [0.15, 0.2) is 5.69 Å². The highest BCUT2D eigenvalue weighted by Crippen LogP contribution is 2.47. The highest BCUT2D eigenvalue weighted by atomic mass is 35.5. The molecule has 0 saturated heterocycles. The third-order valence-electron chi connectivity index (χ3n) is 6.40. The van der Waals surface area contributed by atoms with Crippen molar-refractivity contribution in [2.75, 3.05) is 9.03 Å². The zero-order valence-corrected chi connectivity index (χ0v) is 20.8. The molecule has 186 valence electrons. The lowest BCUT2D eigenvalue weighted by atomic mass is 10.1. The highest BCUT2D eigenvalue weighted by Gasteiger charge is 2.39. The first-order valence-corrected chi connectivity index (χ1v) is 13.0. The van der Waals surface area contributed by atoms with E-state index in [1.807, 2.05) is 18.2 Å². The fourth-order valence-corrected chi connectivity index (χ4v) is 6.35. The van der Waals surface area contributed by atoms with E-state index in [1.54, 1.807) is 36.4 Å². The molecular formula is C26H18ClFN4O4S. The molecule has 0 unspecified atom stereocenters. The number of nitrogens with zero attached hydrogens (tertiary/aromatic N) is 3. The fourth-order valence-electron chi connectivity index (χ4n) is 4.76. The molecule has 0 fully saturated rings. The van der Waals surface area contributed by atoms with Crippen molar-refractivity contribution in [1.29, 1.82) is 0 Å². The van der Waals surface area contributed by atoms with Crippen LogP contribution in [0.3, 0.4) is 0 Å². The summed E-state index contributed by atoms with van der Waals surface area (Å²) < 4.78 is 46.1. The zero-order chi connectivity index (χ0) is 26.1. The van der Waals surface area contributed by atoms with Gasteiger partial charge in [0.25, 0.3) is 0 Å². The van der Waals surface area contributed by atoms with Crippen molar-refractivity contribution in [3.05, 3.63) is 94.5 Å². The number of anilines is 3. The summed E-state index contributed by atoms with van der Waals surface area (Å²) in [4.78, 5) is 17.2. The number of hydrogen-bond donors (Lipinski definition) is 2. The monoisotopic (exact) mass is 536 g/mol. The summed E-state index contributed by atoms with van der Waals surface area (Å²) in [6.07, 6.45) is 0. The number of aromatic carboxylic acids is 1. The summed E-state index contributed by atoms with van der Waals surface area (Å²) in [5, 5.41) is 11.6. The molecule has 11 heteroatoms. The average molecular weight is 537 g/mol. The van der Waals surface area contributed by atoms with Crippen molar-refractivity contribution in [3.8, 4) is 0 Å². The average Bonchev–Trinajstić information content (AvgIpc) is 3.28. The second kappa shape index (κ2) is 8.19. The summed E-state index contributed by atoms with van der Waals surface area (Å²) in [5.74, 6) is -1.94. The van der Waals surface area contributed by atoms with Gasteiger partial charge in [-0.15, -0.1) is 0 Å². The molecule has 3 aromatic carbocycles. The largest absolute Gasteiger partial charge is 0.477 e. The zero-order valence-electron chi connectivity index (χ0n) is 19.2. The molecule has 3 heterocycles. The Bertz CT molecular complexity index is 1890. The number of rotatable bonds is 4. The van der Waals surface area contributed by atoms with Gasteiger partial charge in [-0.05, 0) is 48.9 Å². The van der Waals surface area contributed by atoms with E-state index in [4.69, 9.17) is 11.6 Å². The van der Waals surface area contributed by atoms with Crippen LogP contribution in [0.15, 0.2) is 66.7 Å². The van der Waals surface area contributed by atoms with Crippen LogP contribution in [-0.4, -0.2) is 29.0 Å². The lowest BCUT2D eigenvalue weighted by molar-refractivity contribution is 0.0687. The van der Waals surface area contributed by atoms with Crippen LogP contribution in [0.25, 0.3) is 21.8 Å². The number of nitrogens with one attached hydrogen (secondary N) is 1. The first-order chi connectivity index (χ1) is 17.7. The van der Waals surface area contributed by atoms with E-state index in [2.05, 4.69) is 9.71 Å². The second-order valence-electron chi connectivity index (χ2n) is 8.73. The van der Waals surface area contributed by atoms with E-state index in [9.17, 15) is 22.7 Å². The van der Waals surface area contributed by atoms with Gasteiger partial charge in [0, 0.05) is 16.3 Å². The Morgan fingerprint density at radius 2 is 1.84 bits per heavy atom. The molecule has 6 rings (SSSR count). The van der Waals surface area contributed by atoms with Crippen LogP contribution in [0, 0.1) is 12.7 Å². The predicted molar refractivity (Wildman–Crippen MR) is 141 cm³/mol. The van der Waals surface area contributed by atoms with Crippen LogP contribution in [0.4, 0.5) is 21.5 Å². The van der Waals surface area contributed by atoms with Crippen molar-refractivity contribution >= 4 is 66.6 Å². The van der Waals surface area contributed by atoms with Gasteiger partial charge in [0.05, 0.1) is 34.6 Å². The summed E-state index contributed by atoms with van der Waals surface area (Å²) in [6, 6.07) is 18.3. The number of fused-ring (bicyclic) bond motifs is 3. The maximum Gasteiger partial charge on any atom is 0.354 e. The SMILES string of the molecule is Cc1cc2c(N3c4ccccc4NS3(=O)=O)c(C(=O)O)n(Cc3cc4ccccc4nc3Cl)c2cc1F. The van der Waals surface area contributed by atoms with Gasteiger partial charge in [-0.1, -0.05) is 41.9 Å². The minimum atomic E-state index is -4.19. The molecule has 0 spiro atoms. The molecule has 0 aliphatic carbocycles. The van der Waals surface area contributed by atoms with E-state index in [-0.39, 0.29) is 45.2 Å². The van der Waals surface area contributed by atoms with Crippen LogP contribution in [0.5, 0.6) is 0 Å². The first-order valence-electron chi connectivity index (χ1n) is 11.2. The number of halogens is 2. The van der Waals surface area contributed by atoms with Crippen LogP contribution >= 0.6 is 11.6 Å². The molecule has 0 bridgehead atoms. The molecule has 0 saturated carbocycles. The van der Waals surface area contributed by atoms with Crippen molar-refractivity contribution in [3.63, 3.8) is 0 Å². The second-order valence-corrected chi connectivity index (χ2v) is 10.6. The van der Waals surface area contributed by atoms with E-state index in [0.717, 1.165) is 9.69 Å². The quantitative estimate of drug-likeness (QED) is 0.281. The minimum Gasteiger partial charge on any atom is -0.477 e. The number of hydrogen-bond acceptors (Lipinski definition) is 4. The molecule has 5 aromatic rings. The number of para-hydroxylation sites is 3. The Hall–Kier alpha value is -4.15. The molecule has 0 atom stereocenters. The number of carboxylic acids is 1. The van der Waals surface area contributed by atoms with Gasteiger partial charge in [-0.2, -0.15) is 8.42 Å². The lowest BCUT2D eigenvalue weighted by Gasteiger charge is -2.18. The topological polar surface area (TPSA) is 105 Å². The Balaban J connectivity index is 1.67. The number of benzene rings is 3. The first kappa shape index (κ1) is 23.3. The van der Waals surface area contributed by atoms with Crippen LogP contribution in [0.2, 0.25) is 5.15 Å². The summed E-state index contributed by atoms with van der Waals surface area (Å²) in [5.41, 5.74) is 1.76. The number of aromatic nitrogens is 2. The number of carbonyl (C=O) groups is 1. The fraction of sp³-hybridized carbons (Fsp3) is 0.0769. The predicted octanol–water partition coefficient (Wildman–Crippen LogP) is 5.85. The number of pyridine rings is 1. The van der Waals surface area contributed by atoms with Gasteiger partial charge in [-0.25, -0.2) is 18.5 Å². The van der Waals surface area contributed by atoms with Gasteiger partial charge in [-0.3, -0.25) is 4.72 Å². The molecule has 1 aliphatic rings. The molecule has 8 nitrogen and oxygen atoms in total. The third kappa shape index (κ3) is 3.59.